The molecule has 1 fully saturated rings. The van der Waals surface area contributed by atoms with E-state index in [1.54, 1.807) is 0 Å². The maximum absolute atomic E-state index is 3.41. The summed E-state index contributed by atoms with van der Waals surface area (Å²) < 4.78 is 0. The highest BCUT2D eigenvalue weighted by Crippen LogP contribution is 2.06. The lowest BCUT2D eigenvalue weighted by Gasteiger charge is -2.30. The van der Waals surface area contributed by atoms with Crippen molar-refractivity contribution in [3.8, 4) is 0 Å². The number of nitrogens with zero attached hydrogens (tertiary/aromatic N) is 1. The van der Waals surface area contributed by atoms with E-state index in [1.807, 2.05) is 0 Å². The maximum atomic E-state index is 3.41. The molecule has 0 bridgehead atoms. The summed E-state index contributed by atoms with van der Waals surface area (Å²) in [6.07, 6.45) is 2.71. The monoisotopic (exact) mass is 142 g/mol. The molecule has 1 saturated heterocycles. The summed E-state index contributed by atoms with van der Waals surface area (Å²) in [6, 6.07) is 0.791. The van der Waals surface area contributed by atoms with Crippen molar-refractivity contribution in [2.75, 3.05) is 26.7 Å². The molecule has 0 aromatic rings. The highest BCUT2D eigenvalue weighted by molar-refractivity contribution is 4.75. The third kappa shape index (κ3) is 1.96. The fraction of sp³-hybridized carbons (Fsp3) is 1.00. The smallest absolute Gasteiger partial charge is 0.0217 e. The van der Waals surface area contributed by atoms with Gasteiger partial charge in [-0.2, -0.15) is 0 Å². The summed E-state index contributed by atoms with van der Waals surface area (Å²) in [6.45, 7) is 5.79. The molecule has 2 nitrogen and oxygen atoms in total. The fourth-order valence-corrected chi connectivity index (χ4v) is 1.47. The van der Waals surface area contributed by atoms with Crippen LogP contribution >= 0.6 is 0 Å². The van der Waals surface area contributed by atoms with Gasteiger partial charge in [0.2, 0.25) is 0 Å². The van der Waals surface area contributed by atoms with Crippen LogP contribution in [0.3, 0.4) is 0 Å². The quantitative estimate of drug-likeness (QED) is 0.610. The van der Waals surface area contributed by atoms with Gasteiger partial charge in [-0.15, -0.1) is 0 Å². The Morgan fingerprint density at radius 3 is 2.90 bits per heavy atom. The zero-order valence-corrected chi connectivity index (χ0v) is 7.06. The molecule has 0 saturated carbocycles. The van der Waals surface area contributed by atoms with E-state index in [2.05, 4.69) is 24.2 Å². The molecule has 0 aliphatic carbocycles. The first kappa shape index (κ1) is 8.02. The minimum atomic E-state index is 0.791. The summed E-state index contributed by atoms with van der Waals surface area (Å²) in [7, 11) is 2.21. The predicted molar refractivity (Wildman–Crippen MR) is 44.2 cm³/mol. The van der Waals surface area contributed by atoms with Gasteiger partial charge >= 0.3 is 0 Å². The molecule has 0 aromatic carbocycles. The van der Waals surface area contributed by atoms with Crippen molar-refractivity contribution in [3.05, 3.63) is 0 Å². The van der Waals surface area contributed by atoms with Crippen LogP contribution in [0.1, 0.15) is 19.8 Å². The van der Waals surface area contributed by atoms with Gasteiger partial charge in [0.15, 0.2) is 0 Å². The fourth-order valence-electron chi connectivity index (χ4n) is 1.47. The van der Waals surface area contributed by atoms with Gasteiger partial charge < -0.3 is 10.2 Å². The molecule has 60 valence electrons. The second-order valence-corrected chi connectivity index (χ2v) is 3.07. The van der Waals surface area contributed by atoms with E-state index in [1.165, 1.54) is 32.5 Å². The average molecular weight is 142 g/mol. The van der Waals surface area contributed by atoms with Gasteiger partial charge in [-0.25, -0.2) is 0 Å². The minimum Gasteiger partial charge on any atom is -0.315 e. The first-order chi connectivity index (χ1) is 4.84. The molecule has 0 aromatic heterocycles. The Morgan fingerprint density at radius 2 is 2.40 bits per heavy atom. The van der Waals surface area contributed by atoms with Gasteiger partial charge in [-0.1, -0.05) is 6.92 Å². The Kier molecular flexibility index (Phi) is 3.16. The van der Waals surface area contributed by atoms with Crippen molar-refractivity contribution < 1.29 is 0 Å². The molecule has 10 heavy (non-hydrogen) atoms. The second-order valence-electron chi connectivity index (χ2n) is 3.07. The van der Waals surface area contributed by atoms with Gasteiger partial charge in [0.25, 0.3) is 0 Å². The van der Waals surface area contributed by atoms with Crippen LogP contribution in [0.5, 0.6) is 0 Å². The Morgan fingerprint density at radius 1 is 1.60 bits per heavy atom. The van der Waals surface area contributed by atoms with Crippen LogP contribution in [0.15, 0.2) is 0 Å². The molecular formula is C8H18N2. The first-order valence-electron chi connectivity index (χ1n) is 4.25. The third-order valence-electron chi connectivity index (χ3n) is 2.39. The van der Waals surface area contributed by atoms with Crippen molar-refractivity contribution in [1.82, 2.24) is 10.2 Å². The van der Waals surface area contributed by atoms with E-state index in [0.29, 0.717) is 0 Å². The van der Waals surface area contributed by atoms with E-state index in [9.17, 15) is 0 Å². The molecule has 1 N–H and O–H groups in total. The van der Waals surface area contributed by atoms with Gasteiger partial charge in [-0.05, 0) is 33.0 Å². The zero-order chi connectivity index (χ0) is 7.40. The lowest BCUT2D eigenvalue weighted by Crippen LogP contribution is -2.43. The SMILES string of the molecule is CCN(C)C1CCCNC1. The number of hydrogen-bond donors (Lipinski definition) is 1. The van der Waals surface area contributed by atoms with Gasteiger partial charge in [0.1, 0.15) is 0 Å². The molecule has 1 heterocycles. The van der Waals surface area contributed by atoms with Crippen LogP contribution in [0.4, 0.5) is 0 Å². The van der Waals surface area contributed by atoms with Gasteiger partial charge in [0.05, 0.1) is 0 Å². The van der Waals surface area contributed by atoms with Crippen molar-refractivity contribution in [2.24, 2.45) is 0 Å². The lowest BCUT2D eigenvalue weighted by atomic mass is 10.1. The molecule has 0 amide bonds. The third-order valence-corrected chi connectivity index (χ3v) is 2.39. The Balaban J connectivity index is 2.24. The Hall–Kier alpha value is -0.0800. The molecule has 1 rings (SSSR count). The highest BCUT2D eigenvalue weighted by atomic mass is 15.1. The molecule has 2 heteroatoms. The topological polar surface area (TPSA) is 15.3 Å². The molecule has 1 unspecified atom stereocenters. The van der Waals surface area contributed by atoms with Gasteiger partial charge in [0, 0.05) is 12.6 Å². The Bertz CT molecular complexity index is 87.3. The van der Waals surface area contributed by atoms with Gasteiger partial charge in [-0.3, -0.25) is 0 Å². The summed E-state index contributed by atoms with van der Waals surface area (Å²) in [5, 5.41) is 3.41. The standard InChI is InChI=1S/C8H18N2/c1-3-10(2)8-5-4-6-9-7-8/h8-9H,3-7H2,1-2H3. The van der Waals surface area contributed by atoms with Crippen molar-refractivity contribution in [3.63, 3.8) is 0 Å². The zero-order valence-electron chi connectivity index (χ0n) is 7.06. The number of rotatable bonds is 2. The lowest BCUT2D eigenvalue weighted by molar-refractivity contribution is 0.212. The molecular weight excluding hydrogens is 124 g/mol. The summed E-state index contributed by atoms with van der Waals surface area (Å²) in [5.41, 5.74) is 0. The molecule has 0 spiro atoms. The Labute approximate surface area is 63.6 Å². The number of hydrogen-bond acceptors (Lipinski definition) is 2. The molecule has 1 atom stereocenters. The van der Waals surface area contributed by atoms with Crippen molar-refractivity contribution >= 4 is 0 Å². The van der Waals surface area contributed by atoms with Crippen LogP contribution in [0, 0.1) is 0 Å². The van der Waals surface area contributed by atoms with Crippen LogP contribution in [-0.4, -0.2) is 37.6 Å². The minimum absolute atomic E-state index is 0.791. The average Bonchev–Trinajstić information content (AvgIpc) is 2.05. The largest absolute Gasteiger partial charge is 0.315 e. The van der Waals surface area contributed by atoms with Crippen molar-refractivity contribution in [2.45, 2.75) is 25.8 Å². The van der Waals surface area contributed by atoms with E-state index >= 15 is 0 Å². The molecule has 0 radical (unpaired) electrons. The summed E-state index contributed by atoms with van der Waals surface area (Å²) in [4.78, 5) is 2.42. The van der Waals surface area contributed by atoms with Crippen molar-refractivity contribution in [1.29, 1.82) is 0 Å². The van der Waals surface area contributed by atoms with E-state index in [4.69, 9.17) is 0 Å². The number of piperidine rings is 1. The van der Waals surface area contributed by atoms with Crippen LogP contribution in [-0.2, 0) is 0 Å². The van der Waals surface area contributed by atoms with E-state index in [0.717, 1.165) is 6.04 Å². The molecule has 1 aliphatic rings. The summed E-state index contributed by atoms with van der Waals surface area (Å²) >= 11 is 0. The van der Waals surface area contributed by atoms with Crippen LogP contribution < -0.4 is 5.32 Å². The maximum Gasteiger partial charge on any atom is 0.0217 e. The van der Waals surface area contributed by atoms with Crippen LogP contribution in [0.2, 0.25) is 0 Å². The highest BCUT2D eigenvalue weighted by Gasteiger charge is 2.15. The van der Waals surface area contributed by atoms with E-state index in [-0.39, 0.29) is 0 Å². The number of likely N-dealkylation sites (N-methyl/N-ethyl adjacent to an activating group) is 1. The second kappa shape index (κ2) is 3.94. The predicted octanol–water partition coefficient (Wildman–Crippen LogP) is 0.690. The first-order valence-corrected chi connectivity index (χ1v) is 4.25. The van der Waals surface area contributed by atoms with E-state index < -0.39 is 0 Å². The molecule has 1 aliphatic heterocycles. The summed E-state index contributed by atoms with van der Waals surface area (Å²) in [5.74, 6) is 0. The normalized spacial score (nSPS) is 27.3. The van der Waals surface area contributed by atoms with Crippen LogP contribution in [0.25, 0.3) is 0 Å². The number of nitrogens with one attached hydrogen (secondary N) is 1.